The van der Waals surface area contributed by atoms with Crippen molar-refractivity contribution in [3.05, 3.63) is 28.8 Å². The predicted octanol–water partition coefficient (Wildman–Crippen LogP) is 1.14. The Morgan fingerprint density at radius 1 is 1.40 bits per heavy atom. The summed E-state index contributed by atoms with van der Waals surface area (Å²) in [6.45, 7) is 0.947. The molecule has 0 heterocycles. The Kier molecular flexibility index (Phi) is 6.26. The van der Waals surface area contributed by atoms with E-state index in [4.69, 9.17) is 26.6 Å². The molecule has 1 rings (SSSR count). The zero-order valence-electron chi connectivity index (χ0n) is 11.6. The van der Waals surface area contributed by atoms with Gasteiger partial charge in [-0.1, -0.05) is 17.7 Å². The normalized spacial score (nSPS) is 11.2. The van der Waals surface area contributed by atoms with Gasteiger partial charge >= 0.3 is 0 Å². The van der Waals surface area contributed by atoms with E-state index in [1.165, 1.54) is 0 Å². The van der Waals surface area contributed by atoms with Crippen molar-refractivity contribution in [1.29, 1.82) is 0 Å². The van der Waals surface area contributed by atoms with Crippen molar-refractivity contribution in [2.24, 2.45) is 0 Å². The number of aliphatic hydroxyl groups is 2. The van der Waals surface area contributed by atoms with E-state index in [0.717, 1.165) is 5.56 Å². The second-order valence-electron chi connectivity index (χ2n) is 4.89. The largest absolute Gasteiger partial charge is 0.495 e. The van der Waals surface area contributed by atoms with E-state index in [1.807, 2.05) is 6.07 Å². The van der Waals surface area contributed by atoms with E-state index in [1.54, 1.807) is 26.2 Å². The van der Waals surface area contributed by atoms with Crippen LogP contribution in [0.1, 0.15) is 18.9 Å². The van der Waals surface area contributed by atoms with Crippen molar-refractivity contribution < 1.29 is 19.7 Å². The molecule has 0 saturated carbocycles. The van der Waals surface area contributed by atoms with Crippen LogP contribution in [0.15, 0.2) is 18.2 Å². The lowest BCUT2D eigenvalue weighted by Crippen LogP contribution is -2.51. The fourth-order valence-corrected chi connectivity index (χ4v) is 1.93. The molecule has 0 fully saturated rings. The number of halogens is 1. The number of carbonyl (C=O) groups excluding carboxylic acids is 1. The van der Waals surface area contributed by atoms with Crippen LogP contribution in [-0.2, 0) is 11.2 Å². The summed E-state index contributed by atoms with van der Waals surface area (Å²) in [6.07, 6.45) is 0.765. The van der Waals surface area contributed by atoms with E-state index in [0.29, 0.717) is 17.2 Å². The minimum atomic E-state index is -0.991. The van der Waals surface area contributed by atoms with Gasteiger partial charge in [-0.15, -0.1) is 0 Å². The Hall–Kier alpha value is -1.30. The Morgan fingerprint density at radius 3 is 2.55 bits per heavy atom. The molecule has 1 amide bonds. The van der Waals surface area contributed by atoms with Crippen LogP contribution in [0.5, 0.6) is 5.75 Å². The molecule has 0 aliphatic heterocycles. The van der Waals surface area contributed by atoms with Crippen molar-refractivity contribution in [1.82, 2.24) is 5.32 Å². The highest BCUT2D eigenvalue weighted by Crippen LogP contribution is 2.25. The van der Waals surface area contributed by atoms with Gasteiger partial charge in [-0.05, 0) is 31.0 Å². The number of aliphatic hydroxyl groups excluding tert-OH is 2. The van der Waals surface area contributed by atoms with E-state index in [9.17, 15) is 4.79 Å². The van der Waals surface area contributed by atoms with Crippen LogP contribution in [0.3, 0.4) is 0 Å². The Balaban J connectivity index is 2.55. The second kappa shape index (κ2) is 7.47. The molecule has 0 unspecified atom stereocenters. The molecule has 0 spiro atoms. The van der Waals surface area contributed by atoms with Crippen LogP contribution >= 0.6 is 11.6 Å². The van der Waals surface area contributed by atoms with E-state index in [-0.39, 0.29) is 25.5 Å². The number of aryl methyl sites for hydroxylation is 1. The maximum absolute atomic E-state index is 11.8. The van der Waals surface area contributed by atoms with Gasteiger partial charge in [0.2, 0.25) is 5.91 Å². The summed E-state index contributed by atoms with van der Waals surface area (Å²) in [5.74, 6) is 0.357. The molecule has 0 saturated heterocycles. The first-order valence-corrected chi connectivity index (χ1v) is 6.67. The molecule has 6 heteroatoms. The van der Waals surface area contributed by atoms with Gasteiger partial charge in [-0.3, -0.25) is 4.79 Å². The van der Waals surface area contributed by atoms with Gasteiger partial charge in [0.25, 0.3) is 0 Å². The Bertz CT molecular complexity index is 460. The van der Waals surface area contributed by atoms with Crippen molar-refractivity contribution in [3.8, 4) is 5.75 Å². The van der Waals surface area contributed by atoms with E-state index >= 15 is 0 Å². The smallest absolute Gasteiger partial charge is 0.220 e. The topological polar surface area (TPSA) is 78.8 Å². The highest BCUT2D eigenvalue weighted by Gasteiger charge is 2.24. The second-order valence-corrected chi connectivity index (χ2v) is 5.30. The zero-order valence-corrected chi connectivity index (χ0v) is 12.4. The molecule has 0 atom stereocenters. The maximum atomic E-state index is 11.8. The van der Waals surface area contributed by atoms with Gasteiger partial charge in [0.15, 0.2) is 0 Å². The molecule has 0 bridgehead atoms. The summed E-state index contributed by atoms with van der Waals surface area (Å²) < 4.78 is 5.05. The average molecular weight is 302 g/mol. The summed E-state index contributed by atoms with van der Waals surface area (Å²) >= 11 is 6.00. The number of methoxy groups -OCH3 is 1. The molecule has 5 nitrogen and oxygen atoms in total. The number of hydrogen-bond donors (Lipinski definition) is 3. The number of hydrogen-bond acceptors (Lipinski definition) is 4. The number of amides is 1. The number of rotatable bonds is 7. The predicted molar refractivity (Wildman–Crippen MR) is 77.0 cm³/mol. The van der Waals surface area contributed by atoms with Crippen LogP contribution in [-0.4, -0.2) is 42.0 Å². The first-order chi connectivity index (χ1) is 9.44. The molecule has 0 aliphatic rings. The highest BCUT2D eigenvalue weighted by atomic mass is 35.5. The Morgan fingerprint density at radius 2 is 2.05 bits per heavy atom. The maximum Gasteiger partial charge on any atom is 0.220 e. The van der Waals surface area contributed by atoms with Crippen molar-refractivity contribution in [2.45, 2.75) is 25.3 Å². The molecule has 1 aromatic rings. The van der Waals surface area contributed by atoms with Crippen LogP contribution < -0.4 is 10.1 Å². The van der Waals surface area contributed by atoms with Gasteiger partial charge in [0.05, 0.1) is 30.9 Å². The summed E-state index contributed by atoms with van der Waals surface area (Å²) in [4.78, 5) is 11.8. The minimum absolute atomic E-state index is 0.234. The molecule has 112 valence electrons. The zero-order chi connectivity index (χ0) is 15.2. The van der Waals surface area contributed by atoms with Crippen molar-refractivity contribution in [2.75, 3.05) is 20.3 Å². The average Bonchev–Trinajstić information content (AvgIpc) is 2.45. The summed E-state index contributed by atoms with van der Waals surface area (Å²) in [5.41, 5.74) is -0.0742. The third-order valence-electron chi connectivity index (χ3n) is 3.00. The summed E-state index contributed by atoms with van der Waals surface area (Å²) in [7, 11) is 1.54. The first kappa shape index (κ1) is 16.8. The van der Waals surface area contributed by atoms with Gasteiger partial charge in [0.1, 0.15) is 5.75 Å². The number of carbonyl (C=O) groups is 1. The molecule has 0 radical (unpaired) electrons. The van der Waals surface area contributed by atoms with Crippen molar-refractivity contribution in [3.63, 3.8) is 0 Å². The standard InChI is InChI=1S/C14H20ClNO4/c1-14(8-17,9-18)16-13(19)6-4-10-3-5-12(20-2)11(15)7-10/h3,5,7,17-18H,4,6,8-9H2,1-2H3,(H,16,19). The first-order valence-electron chi connectivity index (χ1n) is 6.29. The molecule has 3 N–H and O–H groups in total. The number of nitrogens with one attached hydrogen (secondary N) is 1. The van der Waals surface area contributed by atoms with Crippen molar-refractivity contribution >= 4 is 17.5 Å². The van der Waals surface area contributed by atoms with Gasteiger partial charge < -0.3 is 20.3 Å². The van der Waals surface area contributed by atoms with Crippen LogP contribution in [0.4, 0.5) is 0 Å². The van der Waals surface area contributed by atoms with Gasteiger partial charge in [-0.25, -0.2) is 0 Å². The number of benzene rings is 1. The third kappa shape index (κ3) is 4.67. The van der Waals surface area contributed by atoms with E-state index < -0.39 is 5.54 Å². The molecule has 0 aromatic heterocycles. The van der Waals surface area contributed by atoms with Crippen LogP contribution in [0.2, 0.25) is 5.02 Å². The number of ether oxygens (including phenoxy) is 1. The van der Waals surface area contributed by atoms with Crippen LogP contribution in [0.25, 0.3) is 0 Å². The van der Waals surface area contributed by atoms with Crippen LogP contribution in [0, 0.1) is 0 Å². The monoisotopic (exact) mass is 301 g/mol. The molecule has 0 aliphatic carbocycles. The van der Waals surface area contributed by atoms with E-state index in [2.05, 4.69) is 5.32 Å². The molecule has 1 aromatic carbocycles. The summed E-state index contributed by atoms with van der Waals surface area (Å²) in [5, 5.41) is 21.3. The lowest BCUT2D eigenvalue weighted by molar-refractivity contribution is -0.124. The lowest BCUT2D eigenvalue weighted by Gasteiger charge is -2.26. The lowest BCUT2D eigenvalue weighted by atomic mass is 10.0. The van der Waals surface area contributed by atoms with Gasteiger partial charge in [0, 0.05) is 6.42 Å². The minimum Gasteiger partial charge on any atom is -0.495 e. The fourth-order valence-electron chi connectivity index (χ4n) is 1.65. The molecule has 20 heavy (non-hydrogen) atoms. The quantitative estimate of drug-likeness (QED) is 0.706. The molecular weight excluding hydrogens is 282 g/mol. The third-order valence-corrected chi connectivity index (χ3v) is 3.29. The summed E-state index contributed by atoms with van der Waals surface area (Å²) in [6, 6.07) is 5.35. The SMILES string of the molecule is COc1ccc(CCC(=O)NC(C)(CO)CO)cc1Cl. The van der Waals surface area contributed by atoms with Gasteiger partial charge in [-0.2, -0.15) is 0 Å². The fraction of sp³-hybridized carbons (Fsp3) is 0.500. The highest BCUT2D eigenvalue weighted by molar-refractivity contribution is 6.32. The Labute approximate surface area is 123 Å². The molecular formula is C14H20ClNO4.